The standard InChI is InChI=1S/C15H8BrF2NO2/c16-10-5-2-4-9-13(10)19(15(21)14(9)20)7-8-3-1-6-11(17)12(8)18/h1-6H,7H2. The van der Waals surface area contributed by atoms with E-state index in [2.05, 4.69) is 15.9 Å². The number of hydrogen-bond acceptors (Lipinski definition) is 2. The van der Waals surface area contributed by atoms with Gasteiger partial charge in [-0.25, -0.2) is 8.78 Å². The predicted octanol–water partition coefficient (Wildman–Crippen LogP) is 3.46. The number of carbonyl (C=O) groups is 2. The summed E-state index contributed by atoms with van der Waals surface area (Å²) in [7, 11) is 0. The van der Waals surface area contributed by atoms with Gasteiger partial charge in [0.05, 0.1) is 17.8 Å². The fourth-order valence-electron chi connectivity index (χ4n) is 2.30. The third-order valence-electron chi connectivity index (χ3n) is 3.30. The van der Waals surface area contributed by atoms with Gasteiger partial charge >= 0.3 is 0 Å². The average Bonchev–Trinajstić information content (AvgIpc) is 2.70. The molecule has 0 unspecified atom stereocenters. The number of rotatable bonds is 2. The molecule has 106 valence electrons. The first kappa shape index (κ1) is 13.9. The molecule has 0 saturated carbocycles. The molecule has 0 fully saturated rings. The van der Waals surface area contributed by atoms with Gasteiger partial charge in [-0.05, 0) is 34.1 Å². The number of anilines is 1. The van der Waals surface area contributed by atoms with Crippen molar-refractivity contribution in [3.8, 4) is 0 Å². The number of para-hydroxylation sites is 1. The molecule has 0 radical (unpaired) electrons. The van der Waals surface area contributed by atoms with E-state index in [0.717, 1.165) is 11.0 Å². The Morgan fingerprint density at radius 3 is 2.52 bits per heavy atom. The lowest BCUT2D eigenvalue weighted by molar-refractivity contribution is -0.114. The fourth-order valence-corrected chi connectivity index (χ4v) is 2.88. The fraction of sp³-hybridized carbons (Fsp3) is 0.0667. The van der Waals surface area contributed by atoms with Crippen molar-refractivity contribution in [3.63, 3.8) is 0 Å². The van der Waals surface area contributed by atoms with Crippen LogP contribution in [0.2, 0.25) is 0 Å². The van der Waals surface area contributed by atoms with Crippen molar-refractivity contribution in [3.05, 3.63) is 63.6 Å². The van der Waals surface area contributed by atoms with Gasteiger partial charge < -0.3 is 0 Å². The predicted molar refractivity (Wildman–Crippen MR) is 76.0 cm³/mol. The van der Waals surface area contributed by atoms with Crippen LogP contribution in [-0.2, 0) is 11.3 Å². The van der Waals surface area contributed by atoms with Crippen LogP contribution in [0.1, 0.15) is 15.9 Å². The number of halogens is 3. The highest BCUT2D eigenvalue weighted by molar-refractivity contribution is 9.10. The number of Topliss-reactive ketones (excluding diaryl/α,β-unsaturated/α-hetero) is 1. The minimum absolute atomic E-state index is 0.0137. The zero-order valence-corrected chi connectivity index (χ0v) is 12.2. The van der Waals surface area contributed by atoms with Crippen LogP contribution in [0, 0.1) is 11.6 Å². The van der Waals surface area contributed by atoms with Crippen LogP contribution in [0.25, 0.3) is 0 Å². The Kier molecular flexibility index (Phi) is 3.33. The largest absolute Gasteiger partial charge is 0.299 e. The molecular weight excluding hydrogens is 344 g/mol. The van der Waals surface area contributed by atoms with E-state index < -0.39 is 23.3 Å². The number of benzene rings is 2. The quantitative estimate of drug-likeness (QED) is 0.777. The van der Waals surface area contributed by atoms with Gasteiger partial charge in [0, 0.05) is 10.0 Å². The molecule has 0 saturated heterocycles. The molecule has 0 bridgehead atoms. The van der Waals surface area contributed by atoms with E-state index in [4.69, 9.17) is 0 Å². The van der Waals surface area contributed by atoms with Crippen LogP contribution in [0.3, 0.4) is 0 Å². The highest BCUT2D eigenvalue weighted by atomic mass is 79.9. The molecule has 0 N–H and O–H groups in total. The highest BCUT2D eigenvalue weighted by Gasteiger charge is 2.37. The first-order chi connectivity index (χ1) is 10.0. The van der Waals surface area contributed by atoms with E-state index in [9.17, 15) is 18.4 Å². The van der Waals surface area contributed by atoms with Gasteiger partial charge in [-0.1, -0.05) is 18.2 Å². The lowest BCUT2D eigenvalue weighted by Gasteiger charge is -2.18. The summed E-state index contributed by atoms with van der Waals surface area (Å²) >= 11 is 3.28. The van der Waals surface area contributed by atoms with Crippen molar-refractivity contribution in [2.45, 2.75) is 6.54 Å². The molecule has 6 heteroatoms. The van der Waals surface area contributed by atoms with Crippen LogP contribution in [0.5, 0.6) is 0 Å². The van der Waals surface area contributed by atoms with Gasteiger partial charge in [0.15, 0.2) is 11.6 Å². The summed E-state index contributed by atoms with van der Waals surface area (Å²) in [4.78, 5) is 25.1. The van der Waals surface area contributed by atoms with Crippen molar-refractivity contribution in [2.24, 2.45) is 0 Å². The maximum atomic E-state index is 13.7. The van der Waals surface area contributed by atoms with Crippen molar-refractivity contribution < 1.29 is 18.4 Å². The Hall–Kier alpha value is -2.08. The smallest absolute Gasteiger partial charge is 0.299 e. The Labute approximate surface area is 127 Å². The van der Waals surface area contributed by atoms with Crippen LogP contribution in [0.15, 0.2) is 40.9 Å². The second-order valence-corrected chi connectivity index (χ2v) is 5.42. The van der Waals surface area contributed by atoms with E-state index in [1.165, 1.54) is 18.2 Å². The Morgan fingerprint density at radius 1 is 1.05 bits per heavy atom. The van der Waals surface area contributed by atoms with Crippen LogP contribution in [0.4, 0.5) is 14.5 Å². The second-order valence-electron chi connectivity index (χ2n) is 4.57. The van der Waals surface area contributed by atoms with Gasteiger partial charge in [-0.2, -0.15) is 0 Å². The van der Waals surface area contributed by atoms with Gasteiger partial charge in [0.1, 0.15) is 0 Å². The van der Waals surface area contributed by atoms with E-state index in [1.807, 2.05) is 0 Å². The topological polar surface area (TPSA) is 37.4 Å². The number of carbonyl (C=O) groups excluding carboxylic acids is 2. The molecule has 3 nitrogen and oxygen atoms in total. The molecule has 2 aromatic rings. The number of amides is 1. The van der Waals surface area contributed by atoms with Crippen molar-refractivity contribution in [1.29, 1.82) is 0 Å². The van der Waals surface area contributed by atoms with Gasteiger partial charge in [0.2, 0.25) is 0 Å². The van der Waals surface area contributed by atoms with Crippen molar-refractivity contribution in [2.75, 3.05) is 4.90 Å². The van der Waals surface area contributed by atoms with Gasteiger partial charge in [0.25, 0.3) is 11.7 Å². The second kappa shape index (κ2) is 5.04. The van der Waals surface area contributed by atoms with Crippen molar-refractivity contribution in [1.82, 2.24) is 0 Å². The molecule has 2 aromatic carbocycles. The summed E-state index contributed by atoms with van der Waals surface area (Å²) in [5, 5.41) is 0. The molecule has 1 aliphatic heterocycles. The summed E-state index contributed by atoms with van der Waals surface area (Å²) in [6.45, 7) is -0.205. The summed E-state index contributed by atoms with van der Waals surface area (Å²) in [5.74, 6) is -3.40. The third kappa shape index (κ3) is 2.15. The van der Waals surface area contributed by atoms with E-state index in [1.54, 1.807) is 12.1 Å². The Balaban J connectivity index is 2.07. The average molecular weight is 352 g/mol. The number of nitrogens with zero attached hydrogens (tertiary/aromatic N) is 1. The van der Waals surface area contributed by atoms with Crippen LogP contribution < -0.4 is 4.90 Å². The van der Waals surface area contributed by atoms with E-state index >= 15 is 0 Å². The minimum Gasteiger partial charge on any atom is -0.299 e. The molecule has 21 heavy (non-hydrogen) atoms. The maximum absolute atomic E-state index is 13.7. The van der Waals surface area contributed by atoms with Crippen molar-refractivity contribution >= 4 is 33.3 Å². The Morgan fingerprint density at radius 2 is 1.76 bits per heavy atom. The molecular formula is C15H8BrF2NO2. The van der Waals surface area contributed by atoms with E-state index in [0.29, 0.717) is 10.2 Å². The summed E-state index contributed by atoms with van der Waals surface area (Å²) < 4.78 is 27.5. The molecule has 0 aliphatic carbocycles. The zero-order valence-electron chi connectivity index (χ0n) is 10.6. The number of fused-ring (bicyclic) bond motifs is 1. The molecule has 0 aromatic heterocycles. The third-order valence-corrected chi connectivity index (χ3v) is 3.94. The lowest BCUT2D eigenvalue weighted by Crippen LogP contribution is -2.29. The first-order valence-corrected chi connectivity index (χ1v) is 6.87. The van der Waals surface area contributed by atoms with E-state index in [-0.39, 0.29) is 17.7 Å². The molecule has 1 heterocycles. The normalized spacial score (nSPS) is 13.8. The molecule has 0 atom stereocenters. The summed E-state index contributed by atoms with van der Waals surface area (Å²) in [6.07, 6.45) is 0. The summed E-state index contributed by atoms with van der Waals surface area (Å²) in [5.41, 5.74) is 0.655. The highest BCUT2D eigenvalue weighted by Crippen LogP contribution is 2.37. The minimum atomic E-state index is -1.02. The monoisotopic (exact) mass is 351 g/mol. The molecule has 0 spiro atoms. The zero-order chi connectivity index (χ0) is 15.1. The Bertz CT molecular complexity index is 776. The first-order valence-electron chi connectivity index (χ1n) is 6.08. The number of hydrogen-bond donors (Lipinski definition) is 0. The molecule has 1 aliphatic rings. The maximum Gasteiger partial charge on any atom is 0.299 e. The number of ketones is 1. The molecule has 3 rings (SSSR count). The van der Waals surface area contributed by atoms with Crippen LogP contribution in [-0.4, -0.2) is 11.7 Å². The molecule has 1 amide bonds. The summed E-state index contributed by atoms with van der Waals surface area (Å²) in [6, 6.07) is 8.59. The van der Waals surface area contributed by atoms with Gasteiger partial charge in [-0.3, -0.25) is 14.5 Å². The van der Waals surface area contributed by atoms with Gasteiger partial charge in [-0.15, -0.1) is 0 Å². The lowest BCUT2D eigenvalue weighted by atomic mass is 10.1. The van der Waals surface area contributed by atoms with Crippen LogP contribution >= 0.6 is 15.9 Å². The SMILES string of the molecule is O=C1C(=O)N(Cc2cccc(F)c2F)c2c(Br)cccc21.